The van der Waals surface area contributed by atoms with Crippen LogP contribution in [-0.4, -0.2) is 29.9 Å². The van der Waals surface area contributed by atoms with Gasteiger partial charge in [-0.05, 0) is 24.3 Å². The minimum atomic E-state index is -0.621. The molecule has 0 radical (unpaired) electrons. The van der Waals surface area contributed by atoms with E-state index in [9.17, 15) is 5.11 Å². The Kier molecular flexibility index (Phi) is 5.01. The van der Waals surface area contributed by atoms with Crippen molar-refractivity contribution in [2.45, 2.75) is 26.0 Å². The van der Waals surface area contributed by atoms with Crippen LogP contribution in [0.2, 0.25) is 0 Å². The molecule has 0 saturated carbocycles. The lowest BCUT2D eigenvalue weighted by atomic mass is 10.3. The SMILES string of the molecule is CCc1[nH]c2ccccc2[n+]1CC(O)COc1ccccc1OC. The van der Waals surface area contributed by atoms with E-state index in [2.05, 4.69) is 22.5 Å². The lowest BCUT2D eigenvalue weighted by Crippen LogP contribution is -2.44. The number of H-pyrrole nitrogens is 1. The topological polar surface area (TPSA) is 58.4 Å². The summed E-state index contributed by atoms with van der Waals surface area (Å²) >= 11 is 0. The molecule has 0 aliphatic rings. The van der Waals surface area contributed by atoms with Crippen LogP contribution in [0, 0.1) is 0 Å². The van der Waals surface area contributed by atoms with Gasteiger partial charge in [-0.3, -0.25) is 0 Å². The van der Waals surface area contributed by atoms with Crippen LogP contribution in [0.4, 0.5) is 0 Å². The molecule has 3 rings (SSSR count). The third kappa shape index (κ3) is 3.36. The standard InChI is InChI=1S/C19H22N2O3/c1-3-19-20-15-8-4-5-9-16(15)21(19)12-14(22)13-24-18-11-7-6-10-17(18)23-2/h4-11,14,22H,3,12-13H2,1-2H3/p+1. The van der Waals surface area contributed by atoms with Crippen LogP contribution in [0.5, 0.6) is 11.5 Å². The molecule has 2 N–H and O–H groups in total. The molecule has 0 aliphatic heterocycles. The number of hydrogen-bond acceptors (Lipinski definition) is 3. The number of aryl methyl sites for hydroxylation is 1. The highest BCUT2D eigenvalue weighted by Gasteiger charge is 2.20. The van der Waals surface area contributed by atoms with Gasteiger partial charge in [-0.25, -0.2) is 9.55 Å². The van der Waals surface area contributed by atoms with Crippen LogP contribution in [0.25, 0.3) is 11.0 Å². The Morgan fingerprint density at radius 3 is 2.54 bits per heavy atom. The van der Waals surface area contributed by atoms with Gasteiger partial charge in [0, 0.05) is 6.42 Å². The fraction of sp³-hybridized carbons (Fsp3) is 0.316. The first-order chi connectivity index (χ1) is 11.7. The number of hydrogen-bond donors (Lipinski definition) is 2. The normalized spacial score (nSPS) is 12.3. The lowest BCUT2D eigenvalue weighted by Gasteiger charge is -2.13. The van der Waals surface area contributed by atoms with Crippen LogP contribution < -0.4 is 14.0 Å². The van der Waals surface area contributed by atoms with Gasteiger partial charge in [0.15, 0.2) is 22.5 Å². The number of methoxy groups -OCH3 is 1. The highest BCUT2D eigenvalue weighted by Crippen LogP contribution is 2.25. The number of aliphatic hydroxyl groups excluding tert-OH is 1. The number of benzene rings is 2. The van der Waals surface area contributed by atoms with Crippen LogP contribution in [-0.2, 0) is 13.0 Å². The molecule has 5 heteroatoms. The molecular formula is C19H23N2O3+. The minimum Gasteiger partial charge on any atom is -0.493 e. The smallest absolute Gasteiger partial charge is 0.254 e. The van der Waals surface area contributed by atoms with E-state index in [1.807, 2.05) is 42.5 Å². The molecule has 0 bridgehead atoms. The third-order valence-electron chi connectivity index (χ3n) is 4.03. The largest absolute Gasteiger partial charge is 0.493 e. The lowest BCUT2D eigenvalue weighted by molar-refractivity contribution is -0.685. The first-order valence-corrected chi connectivity index (χ1v) is 8.16. The quantitative estimate of drug-likeness (QED) is 0.656. The molecule has 0 spiro atoms. The minimum absolute atomic E-state index is 0.204. The molecular weight excluding hydrogens is 304 g/mol. The van der Waals surface area contributed by atoms with E-state index >= 15 is 0 Å². The van der Waals surface area contributed by atoms with Crippen molar-refractivity contribution in [3.63, 3.8) is 0 Å². The summed E-state index contributed by atoms with van der Waals surface area (Å²) in [6.07, 6.45) is 0.249. The zero-order valence-electron chi connectivity index (χ0n) is 14.0. The molecule has 1 aromatic heterocycles. The van der Waals surface area contributed by atoms with Gasteiger partial charge >= 0.3 is 0 Å². The van der Waals surface area contributed by atoms with Crippen LogP contribution >= 0.6 is 0 Å². The van der Waals surface area contributed by atoms with Crippen molar-refractivity contribution in [1.82, 2.24) is 4.98 Å². The molecule has 1 atom stereocenters. The summed E-state index contributed by atoms with van der Waals surface area (Å²) in [7, 11) is 1.61. The fourth-order valence-corrected chi connectivity index (χ4v) is 2.86. The summed E-state index contributed by atoms with van der Waals surface area (Å²) in [6, 6.07) is 15.5. The van der Waals surface area contributed by atoms with Gasteiger partial charge in [0.2, 0.25) is 0 Å². The number of imidazole rings is 1. The zero-order valence-corrected chi connectivity index (χ0v) is 14.0. The number of nitrogens with one attached hydrogen (secondary N) is 1. The summed E-state index contributed by atoms with van der Waals surface area (Å²) in [5.41, 5.74) is 2.16. The van der Waals surface area contributed by atoms with Crippen LogP contribution in [0.15, 0.2) is 48.5 Å². The summed E-state index contributed by atoms with van der Waals surface area (Å²) in [5.74, 6) is 2.39. The number of para-hydroxylation sites is 4. The molecule has 2 aromatic carbocycles. The van der Waals surface area contributed by atoms with Gasteiger partial charge in [0.1, 0.15) is 19.3 Å². The first kappa shape index (κ1) is 16.3. The number of aliphatic hydroxyl groups is 1. The highest BCUT2D eigenvalue weighted by atomic mass is 16.5. The van der Waals surface area contributed by atoms with Crippen molar-refractivity contribution in [2.75, 3.05) is 13.7 Å². The Labute approximate surface area is 141 Å². The number of nitrogens with zero attached hydrogens (tertiary/aromatic N) is 1. The molecule has 126 valence electrons. The molecule has 0 saturated heterocycles. The summed E-state index contributed by atoms with van der Waals surface area (Å²) in [5, 5.41) is 10.4. The van der Waals surface area contributed by atoms with E-state index in [1.165, 1.54) is 0 Å². The average molecular weight is 327 g/mol. The Hall–Kier alpha value is -2.53. The van der Waals surface area contributed by atoms with Gasteiger partial charge < -0.3 is 14.6 Å². The monoisotopic (exact) mass is 327 g/mol. The predicted molar refractivity (Wildman–Crippen MR) is 92.4 cm³/mol. The summed E-state index contributed by atoms with van der Waals surface area (Å²) in [4.78, 5) is 3.40. The van der Waals surface area contributed by atoms with Gasteiger partial charge in [0.25, 0.3) is 5.82 Å². The predicted octanol–water partition coefficient (Wildman–Crippen LogP) is 2.47. The zero-order chi connectivity index (χ0) is 16.9. The van der Waals surface area contributed by atoms with Crippen LogP contribution in [0.3, 0.4) is 0 Å². The second-order valence-corrected chi connectivity index (χ2v) is 5.67. The number of fused-ring (bicyclic) bond motifs is 1. The number of aromatic nitrogens is 2. The maximum atomic E-state index is 10.4. The van der Waals surface area contributed by atoms with E-state index in [1.54, 1.807) is 7.11 Å². The van der Waals surface area contributed by atoms with Crippen molar-refractivity contribution in [3.8, 4) is 11.5 Å². The van der Waals surface area contributed by atoms with E-state index in [-0.39, 0.29) is 6.61 Å². The average Bonchev–Trinajstić information content (AvgIpc) is 2.98. The number of rotatable bonds is 7. The van der Waals surface area contributed by atoms with E-state index in [0.717, 1.165) is 23.3 Å². The molecule has 3 aromatic rings. The maximum absolute atomic E-state index is 10.4. The number of ether oxygens (including phenoxy) is 2. The van der Waals surface area contributed by atoms with E-state index < -0.39 is 6.10 Å². The van der Waals surface area contributed by atoms with Gasteiger partial charge in [-0.1, -0.05) is 31.2 Å². The third-order valence-corrected chi connectivity index (χ3v) is 4.03. The van der Waals surface area contributed by atoms with Gasteiger partial charge in [-0.2, -0.15) is 0 Å². The molecule has 5 nitrogen and oxygen atoms in total. The van der Waals surface area contributed by atoms with Crippen molar-refractivity contribution >= 4 is 11.0 Å². The van der Waals surface area contributed by atoms with E-state index in [0.29, 0.717) is 18.0 Å². The molecule has 24 heavy (non-hydrogen) atoms. The summed E-state index contributed by atoms with van der Waals surface area (Å²) < 4.78 is 13.1. The van der Waals surface area contributed by atoms with Crippen molar-refractivity contribution in [2.24, 2.45) is 0 Å². The molecule has 1 heterocycles. The maximum Gasteiger partial charge on any atom is 0.254 e. The van der Waals surface area contributed by atoms with Gasteiger partial charge in [-0.15, -0.1) is 0 Å². The molecule has 1 unspecified atom stereocenters. The summed E-state index contributed by atoms with van der Waals surface area (Å²) in [6.45, 7) is 2.78. The number of aromatic amines is 1. The van der Waals surface area contributed by atoms with Crippen molar-refractivity contribution in [1.29, 1.82) is 0 Å². The Morgan fingerprint density at radius 2 is 1.79 bits per heavy atom. The second-order valence-electron chi connectivity index (χ2n) is 5.67. The molecule has 0 fully saturated rings. The van der Waals surface area contributed by atoms with Crippen LogP contribution in [0.1, 0.15) is 12.7 Å². The molecule has 0 aliphatic carbocycles. The first-order valence-electron chi connectivity index (χ1n) is 8.16. The Morgan fingerprint density at radius 1 is 1.08 bits per heavy atom. The Balaban J connectivity index is 1.72. The van der Waals surface area contributed by atoms with E-state index in [4.69, 9.17) is 9.47 Å². The molecule has 0 amide bonds. The van der Waals surface area contributed by atoms with Gasteiger partial charge in [0.05, 0.1) is 7.11 Å². The Bertz CT molecular complexity index is 813. The van der Waals surface area contributed by atoms with Crippen molar-refractivity contribution < 1.29 is 19.1 Å². The second kappa shape index (κ2) is 7.36. The highest BCUT2D eigenvalue weighted by molar-refractivity contribution is 5.71. The van der Waals surface area contributed by atoms with Crippen molar-refractivity contribution in [3.05, 3.63) is 54.4 Å². The fourth-order valence-electron chi connectivity index (χ4n) is 2.86.